The summed E-state index contributed by atoms with van der Waals surface area (Å²) in [6, 6.07) is 0. The number of aromatic nitrogens is 2. The third-order valence-electron chi connectivity index (χ3n) is 1.58. The van der Waals surface area contributed by atoms with Gasteiger partial charge in [-0.1, -0.05) is 0 Å². The molecule has 0 saturated heterocycles. The monoisotopic (exact) mass is 153 g/mol. The molecule has 0 fully saturated rings. The van der Waals surface area contributed by atoms with Crippen LogP contribution in [0.4, 0.5) is 0 Å². The molecule has 0 aliphatic rings. The molecule has 0 atom stereocenters. The molecule has 0 aliphatic heterocycles. The van der Waals surface area contributed by atoms with Gasteiger partial charge in [-0.3, -0.25) is 4.68 Å². The summed E-state index contributed by atoms with van der Waals surface area (Å²) >= 11 is 0. The van der Waals surface area contributed by atoms with Gasteiger partial charge in [0.15, 0.2) is 0 Å². The molecule has 1 rings (SSSR count). The van der Waals surface area contributed by atoms with Crippen LogP contribution in [0, 0.1) is 6.92 Å². The molecule has 3 heteroatoms. The molecule has 1 aromatic rings. The quantitative estimate of drug-likeness (QED) is 0.626. The summed E-state index contributed by atoms with van der Waals surface area (Å²) in [5.41, 5.74) is 2.43. The molecule has 0 aliphatic carbocycles. The van der Waals surface area contributed by atoms with Crippen molar-refractivity contribution in [3.8, 4) is 0 Å². The molecule has 1 heterocycles. The average molecular weight is 153 g/mol. The molecule has 1 aromatic heterocycles. The first-order valence-electron chi connectivity index (χ1n) is 3.73. The van der Waals surface area contributed by atoms with Crippen molar-refractivity contribution in [1.82, 2.24) is 14.7 Å². The lowest BCUT2D eigenvalue weighted by Crippen LogP contribution is -2.12. The van der Waals surface area contributed by atoms with E-state index in [9.17, 15) is 0 Å². The van der Waals surface area contributed by atoms with Gasteiger partial charge in [0.05, 0.1) is 5.69 Å². The summed E-state index contributed by atoms with van der Waals surface area (Å²) in [5.74, 6) is 0. The van der Waals surface area contributed by atoms with E-state index in [1.807, 2.05) is 32.0 Å². The molecular formula is C8H15N3. The van der Waals surface area contributed by atoms with Crippen LogP contribution in [0.5, 0.6) is 0 Å². The van der Waals surface area contributed by atoms with E-state index < -0.39 is 0 Å². The summed E-state index contributed by atoms with van der Waals surface area (Å²) < 4.78 is 1.86. The first-order chi connectivity index (χ1) is 5.09. The minimum absolute atomic E-state index is 0.923. The Labute approximate surface area is 67.6 Å². The fraction of sp³-hybridized carbons (Fsp3) is 0.625. The van der Waals surface area contributed by atoms with Crippen molar-refractivity contribution >= 4 is 0 Å². The van der Waals surface area contributed by atoms with E-state index in [-0.39, 0.29) is 0 Å². The Morgan fingerprint density at radius 1 is 1.55 bits per heavy atom. The topological polar surface area (TPSA) is 21.1 Å². The summed E-state index contributed by atoms with van der Waals surface area (Å²) in [7, 11) is 6.05. The number of hydrogen-bond donors (Lipinski definition) is 0. The molecule has 3 nitrogen and oxygen atoms in total. The van der Waals surface area contributed by atoms with Crippen molar-refractivity contribution in [3.05, 3.63) is 17.5 Å². The molecule has 0 saturated carbocycles. The van der Waals surface area contributed by atoms with Crippen molar-refractivity contribution in [2.24, 2.45) is 7.05 Å². The Kier molecular flexibility index (Phi) is 2.29. The third kappa shape index (κ3) is 2.05. The zero-order valence-corrected chi connectivity index (χ0v) is 7.63. The van der Waals surface area contributed by atoms with Gasteiger partial charge in [-0.25, -0.2) is 0 Å². The Balaban J connectivity index is 2.77. The highest BCUT2D eigenvalue weighted by Gasteiger charge is 2.02. The maximum Gasteiger partial charge on any atom is 0.0793 e. The molecule has 0 amide bonds. The van der Waals surface area contributed by atoms with Crippen molar-refractivity contribution in [2.75, 3.05) is 14.1 Å². The third-order valence-corrected chi connectivity index (χ3v) is 1.58. The minimum Gasteiger partial charge on any atom is -0.303 e. The van der Waals surface area contributed by atoms with E-state index in [4.69, 9.17) is 0 Å². The van der Waals surface area contributed by atoms with Crippen LogP contribution < -0.4 is 0 Å². The molecular weight excluding hydrogens is 138 g/mol. The highest BCUT2D eigenvalue weighted by molar-refractivity contribution is 5.14. The predicted octanol–water partition coefficient (Wildman–Crippen LogP) is 0.790. The zero-order valence-electron chi connectivity index (χ0n) is 7.63. The lowest BCUT2D eigenvalue weighted by molar-refractivity contribution is 0.394. The summed E-state index contributed by atoms with van der Waals surface area (Å²) in [6.07, 6.45) is 2.04. The van der Waals surface area contributed by atoms with Gasteiger partial charge in [-0.05, 0) is 26.6 Å². The number of rotatable bonds is 2. The van der Waals surface area contributed by atoms with Crippen molar-refractivity contribution in [2.45, 2.75) is 13.5 Å². The van der Waals surface area contributed by atoms with Gasteiger partial charge in [0, 0.05) is 19.8 Å². The van der Waals surface area contributed by atoms with Crippen LogP contribution in [-0.4, -0.2) is 28.8 Å². The van der Waals surface area contributed by atoms with Crippen LogP contribution in [0.25, 0.3) is 0 Å². The fourth-order valence-corrected chi connectivity index (χ4v) is 1.11. The van der Waals surface area contributed by atoms with Crippen molar-refractivity contribution in [1.29, 1.82) is 0 Å². The van der Waals surface area contributed by atoms with E-state index in [2.05, 4.69) is 16.9 Å². The fourth-order valence-electron chi connectivity index (χ4n) is 1.11. The summed E-state index contributed by atoms with van der Waals surface area (Å²) in [6.45, 7) is 3.01. The minimum atomic E-state index is 0.923. The Bertz CT molecular complexity index is 237. The number of hydrogen-bond acceptors (Lipinski definition) is 2. The van der Waals surface area contributed by atoms with Gasteiger partial charge in [-0.2, -0.15) is 5.10 Å². The van der Waals surface area contributed by atoms with Crippen molar-refractivity contribution < 1.29 is 0 Å². The van der Waals surface area contributed by atoms with E-state index in [0.717, 1.165) is 12.2 Å². The second-order valence-corrected chi connectivity index (χ2v) is 3.17. The molecule has 62 valence electrons. The SMILES string of the molecule is Cc1cn(C)nc1CN(C)C. The van der Waals surface area contributed by atoms with E-state index in [1.165, 1.54) is 5.56 Å². The summed E-state index contributed by atoms with van der Waals surface area (Å²) in [5, 5.41) is 4.33. The van der Waals surface area contributed by atoms with E-state index >= 15 is 0 Å². The normalized spacial score (nSPS) is 11.0. The molecule has 0 unspecified atom stereocenters. The number of nitrogens with zero attached hydrogens (tertiary/aromatic N) is 3. The first kappa shape index (κ1) is 8.27. The van der Waals surface area contributed by atoms with Crippen LogP contribution in [0.15, 0.2) is 6.20 Å². The zero-order chi connectivity index (χ0) is 8.43. The first-order valence-corrected chi connectivity index (χ1v) is 3.73. The van der Waals surface area contributed by atoms with E-state index in [1.54, 1.807) is 0 Å². The highest BCUT2D eigenvalue weighted by atomic mass is 15.3. The van der Waals surface area contributed by atoms with Gasteiger partial charge in [-0.15, -0.1) is 0 Å². The predicted molar refractivity (Wildman–Crippen MR) is 45.3 cm³/mol. The molecule has 0 N–H and O–H groups in total. The number of aryl methyl sites for hydroxylation is 2. The van der Waals surface area contributed by atoms with Crippen LogP contribution in [0.3, 0.4) is 0 Å². The second kappa shape index (κ2) is 3.05. The van der Waals surface area contributed by atoms with Crippen LogP contribution in [-0.2, 0) is 13.6 Å². The van der Waals surface area contributed by atoms with Crippen LogP contribution >= 0.6 is 0 Å². The standard InChI is InChI=1S/C8H15N3/c1-7-5-11(4)9-8(7)6-10(2)3/h5H,6H2,1-4H3. The average Bonchev–Trinajstić information content (AvgIpc) is 2.09. The highest BCUT2D eigenvalue weighted by Crippen LogP contribution is 2.05. The lowest BCUT2D eigenvalue weighted by atomic mass is 10.3. The Morgan fingerprint density at radius 3 is 2.55 bits per heavy atom. The Hall–Kier alpha value is -0.830. The molecule has 0 spiro atoms. The molecule has 0 bridgehead atoms. The van der Waals surface area contributed by atoms with Crippen molar-refractivity contribution in [3.63, 3.8) is 0 Å². The van der Waals surface area contributed by atoms with Crippen LogP contribution in [0.1, 0.15) is 11.3 Å². The van der Waals surface area contributed by atoms with Crippen LogP contribution in [0.2, 0.25) is 0 Å². The largest absolute Gasteiger partial charge is 0.303 e. The lowest BCUT2D eigenvalue weighted by Gasteiger charge is -2.06. The van der Waals surface area contributed by atoms with Gasteiger partial charge >= 0.3 is 0 Å². The Morgan fingerprint density at radius 2 is 2.18 bits per heavy atom. The second-order valence-electron chi connectivity index (χ2n) is 3.17. The van der Waals surface area contributed by atoms with Gasteiger partial charge in [0.2, 0.25) is 0 Å². The maximum atomic E-state index is 4.33. The van der Waals surface area contributed by atoms with Gasteiger partial charge in [0.1, 0.15) is 0 Å². The molecule has 11 heavy (non-hydrogen) atoms. The molecule has 0 aromatic carbocycles. The van der Waals surface area contributed by atoms with Gasteiger partial charge in [0.25, 0.3) is 0 Å². The van der Waals surface area contributed by atoms with Gasteiger partial charge < -0.3 is 4.90 Å². The summed E-state index contributed by atoms with van der Waals surface area (Å²) in [4.78, 5) is 2.12. The maximum absolute atomic E-state index is 4.33. The molecule has 0 radical (unpaired) electrons. The smallest absolute Gasteiger partial charge is 0.0793 e. The van der Waals surface area contributed by atoms with E-state index in [0.29, 0.717) is 0 Å².